The lowest BCUT2D eigenvalue weighted by Gasteiger charge is -2.40. The number of pyridine rings is 1. The molecule has 1 aromatic heterocycles. The maximum absolute atomic E-state index is 11.4. The lowest BCUT2D eigenvalue weighted by atomic mass is 9.70. The summed E-state index contributed by atoms with van der Waals surface area (Å²) >= 11 is 3.46. The summed E-state index contributed by atoms with van der Waals surface area (Å²) in [5.74, 6) is 1.04. The van der Waals surface area contributed by atoms with Crippen LogP contribution in [-0.4, -0.2) is 16.6 Å². The Morgan fingerprint density at radius 2 is 2.24 bits per heavy atom. The highest BCUT2D eigenvalue weighted by atomic mass is 79.9. The molecule has 3 rings (SSSR count). The van der Waals surface area contributed by atoms with Gasteiger partial charge in [0.1, 0.15) is 5.60 Å². The lowest BCUT2D eigenvalue weighted by molar-refractivity contribution is -0.00135. The van der Waals surface area contributed by atoms with Crippen LogP contribution in [-0.2, 0) is 5.60 Å². The van der Waals surface area contributed by atoms with Crippen LogP contribution in [0.4, 0.5) is 0 Å². The average Bonchev–Trinajstić information content (AvgIpc) is 3.28. The van der Waals surface area contributed by atoms with Gasteiger partial charge in [0.2, 0.25) is 0 Å². The van der Waals surface area contributed by atoms with Gasteiger partial charge in [0.05, 0.1) is 0 Å². The van der Waals surface area contributed by atoms with Crippen molar-refractivity contribution in [2.24, 2.45) is 11.8 Å². The molecule has 0 amide bonds. The molecule has 0 spiro atoms. The van der Waals surface area contributed by atoms with E-state index in [4.69, 9.17) is 0 Å². The van der Waals surface area contributed by atoms with Crippen LogP contribution >= 0.6 is 15.9 Å². The quantitative estimate of drug-likeness (QED) is 0.869. The molecule has 4 heteroatoms. The second-order valence-corrected chi connectivity index (χ2v) is 7.39. The van der Waals surface area contributed by atoms with Crippen LogP contribution in [0, 0.1) is 11.8 Å². The molecule has 1 aromatic rings. The van der Waals surface area contributed by atoms with Crippen LogP contribution in [0.15, 0.2) is 34.7 Å². The predicted octanol–water partition coefficient (Wildman–Crippen LogP) is 3.74. The third kappa shape index (κ3) is 3.16. The van der Waals surface area contributed by atoms with Crippen LogP contribution in [0.25, 0.3) is 0 Å². The Labute approximate surface area is 135 Å². The van der Waals surface area contributed by atoms with Gasteiger partial charge in [0.15, 0.2) is 0 Å². The molecule has 2 atom stereocenters. The Balaban J connectivity index is 1.88. The molecule has 0 aliphatic heterocycles. The number of aliphatic hydroxyl groups is 1. The number of nitrogens with one attached hydrogen (secondary N) is 1. The van der Waals surface area contributed by atoms with Gasteiger partial charge in [-0.3, -0.25) is 4.98 Å². The number of hydrogen-bond donors (Lipinski definition) is 2. The van der Waals surface area contributed by atoms with Gasteiger partial charge in [-0.1, -0.05) is 6.92 Å². The number of rotatable bonds is 4. The van der Waals surface area contributed by atoms with E-state index in [1.807, 2.05) is 6.07 Å². The molecule has 2 aliphatic carbocycles. The Hall–Kier alpha value is -0.870. The van der Waals surface area contributed by atoms with E-state index < -0.39 is 5.60 Å². The summed E-state index contributed by atoms with van der Waals surface area (Å²) in [4.78, 5) is 4.24. The van der Waals surface area contributed by atoms with E-state index >= 15 is 0 Å². The van der Waals surface area contributed by atoms with Crippen LogP contribution in [0.2, 0.25) is 0 Å². The molecule has 0 bridgehead atoms. The summed E-state index contributed by atoms with van der Waals surface area (Å²) < 4.78 is 0.913. The minimum atomic E-state index is -0.897. The molecule has 0 radical (unpaired) electrons. The second kappa shape index (κ2) is 6.09. The topological polar surface area (TPSA) is 45.1 Å². The SMILES string of the molecule is CC1CCC/C(=C\NCC2CC2)C1(O)c1cncc(Br)c1. The Morgan fingerprint density at radius 3 is 2.95 bits per heavy atom. The Kier molecular flexibility index (Phi) is 4.36. The highest BCUT2D eigenvalue weighted by Gasteiger charge is 2.42. The molecule has 3 nitrogen and oxygen atoms in total. The van der Waals surface area contributed by atoms with E-state index in [0.29, 0.717) is 0 Å². The first-order valence-corrected chi connectivity index (χ1v) is 8.66. The van der Waals surface area contributed by atoms with Crippen molar-refractivity contribution < 1.29 is 5.11 Å². The fourth-order valence-electron chi connectivity index (χ4n) is 3.26. The molecular weight excluding hydrogens is 328 g/mol. The summed E-state index contributed by atoms with van der Waals surface area (Å²) in [6, 6.07) is 1.99. The molecule has 0 aromatic carbocycles. The molecule has 1 heterocycles. The smallest absolute Gasteiger partial charge is 0.116 e. The van der Waals surface area contributed by atoms with Crippen LogP contribution in [0.1, 0.15) is 44.6 Å². The minimum absolute atomic E-state index is 0.205. The van der Waals surface area contributed by atoms with Gasteiger partial charge in [-0.2, -0.15) is 0 Å². The zero-order chi connectivity index (χ0) is 14.9. The fraction of sp³-hybridized carbons (Fsp3) is 0.588. The van der Waals surface area contributed by atoms with Gasteiger partial charge in [0.25, 0.3) is 0 Å². The molecule has 2 aliphatic rings. The number of hydrogen-bond acceptors (Lipinski definition) is 3. The summed E-state index contributed by atoms with van der Waals surface area (Å²) in [5.41, 5.74) is 1.09. The fourth-order valence-corrected chi connectivity index (χ4v) is 3.62. The van der Waals surface area contributed by atoms with E-state index in [1.165, 1.54) is 12.8 Å². The molecule has 114 valence electrons. The van der Waals surface area contributed by atoms with Gasteiger partial charge in [0, 0.05) is 29.0 Å². The van der Waals surface area contributed by atoms with Gasteiger partial charge < -0.3 is 10.4 Å². The zero-order valence-corrected chi connectivity index (χ0v) is 14.1. The first-order chi connectivity index (χ1) is 10.1. The number of halogens is 1. The zero-order valence-electron chi connectivity index (χ0n) is 12.5. The molecule has 2 saturated carbocycles. The Bertz CT molecular complexity index is 541. The second-order valence-electron chi connectivity index (χ2n) is 6.47. The third-order valence-electron chi connectivity index (χ3n) is 4.81. The van der Waals surface area contributed by atoms with Crippen molar-refractivity contribution in [3.8, 4) is 0 Å². The van der Waals surface area contributed by atoms with Gasteiger partial charge in [-0.25, -0.2) is 0 Å². The monoisotopic (exact) mass is 350 g/mol. The largest absolute Gasteiger partial charge is 0.391 e. The van der Waals surface area contributed by atoms with Gasteiger partial charge >= 0.3 is 0 Å². The van der Waals surface area contributed by atoms with Crippen molar-refractivity contribution in [2.45, 2.75) is 44.6 Å². The van der Waals surface area contributed by atoms with E-state index in [1.54, 1.807) is 12.4 Å². The molecule has 0 saturated heterocycles. The van der Waals surface area contributed by atoms with Crippen LogP contribution in [0.3, 0.4) is 0 Å². The summed E-state index contributed by atoms with van der Waals surface area (Å²) in [5, 5.41) is 14.8. The van der Waals surface area contributed by atoms with Crippen molar-refractivity contribution in [1.29, 1.82) is 0 Å². The standard InChI is InChI=1S/C17H23BrN2O/c1-12-3-2-4-14(9-19-8-13-5-6-13)17(12,21)15-7-16(18)11-20-10-15/h7,9-13,19,21H,2-6,8H2,1H3/b14-9+. The summed E-state index contributed by atoms with van der Waals surface area (Å²) in [6.07, 6.45) is 11.4. The summed E-state index contributed by atoms with van der Waals surface area (Å²) in [6.45, 7) is 3.17. The number of nitrogens with zero attached hydrogens (tertiary/aromatic N) is 1. The van der Waals surface area contributed by atoms with Crippen molar-refractivity contribution >= 4 is 15.9 Å². The van der Waals surface area contributed by atoms with Gasteiger partial charge in [-0.05, 0) is 77.7 Å². The molecular formula is C17H23BrN2O. The highest BCUT2D eigenvalue weighted by molar-refractivity contribution is 9.10. The Morgan fingerprint density at radius 1 is 1.43 bits per heavy atom. The van der Waals surface area contributed by atoms with E-state index in [2.05, 4.69) is 39.4 Å². The lowest BCUT2D eigenvalue weighted by Crippen LogP contribution is -2.39. The first kappa shape index (κ1) is 15.0. The first-order valence-electron chi connectivity index (χ1n) is 7.87. The maximum Gasteiger partial charge on any atom is 0.116 e. The molecule has 2 unspecified atom stereocenters. The predicted molar refractivity (Wildman–Crippen MR) is 87.7 cm³/mol. The maximum atomic E-state index is 11.4. The molecule has 2 fully saturated rings. The summed E-state index contributed by atoms with van der Waals surface area (Å²) in [7, 11) is 0. The third-order valence-corrected chi connectivity index (χ3v) is 5.24. The van der Waals surface area contributed by atoms with Crippen molar-refractivity contribution in [2.75, 3.05) is 6.54 Å². The van der Waals surface area contributed by atoms with Crippen molar-refractivity contribution in [3.05, 3.63) is 40.3 Å². The van der Waals surface area contributed by atoms with Crippen molar-refractivity contribution in [1.82, 2.24) is 10.3 Å². The minimum Gasteiger partial charge on any atom is -0.391 e. The van der Waals surface area contributed by atoms with Crippen LogP contribution in [0.5, 0.6) is 0 Å². The van der Waals surface area contributed by atoms with E-state index in [9.17, 15) is 5.11 Å². The average molecular weight is 351 g/mol. The van der Waals surface area contributed by atoms with E-state index in [-0.39, 0.29) is 5.92 Å². The van der Waals surface area contributed by atoms with Gasteiger partial charge in [-0.15, -0.1) is 0 Å². The van der Waals surface area contributed by atoms with Crippen molar-refractivity contribution in [3.63, 3.8) is 0 Å². The molecule has 21 heavy (non-hydrogen) atoms. The van der Waals surface area contributed by atoms with Crippen LogP contribution < -0.4 is 5.32 Å². The molecule has 2 N–H and O–H groups in total. The highest BCUT2D eigenvalue weighted by Crippen LogP contribution is 2.45. The van der Waals surface area contributed by atoms with E-state index in [0.717, 1.165) is 47.3 Å². The normalized spacial score (nSPS) is 31.4. The number of aromatic nitrogens is 1.